The monoisotopic (exact) mass is 290 g/mol. The van der Waals surface area contributed by atoms with Gasteiger partial charge in [0.1, 0.15) is 6.07 Å². The molecular formula is C14H18N4OS. The van der Waals surface area contributed by atoms with Gasteiger partial charge in [0.2, 0.25) is 0 Å². The summed E-state index contributed by atoms with van der Waals surface area (Å²) in [7, 11) is 0. The summed E-state index contributed by atoms with van der Waals surface area (Å²) in [5, 5.41) is 15.8. The normalized spacial score (nSPS) is 15.3. The van der Waals surface area contributed by atoms with Crippen LogP contribution in [-0.4, -0.2) is 49.4 Å². The Morgan fingerprint density at radius 3 is 2.85 bits per heavy atom. The van der Waals surface area contributed by atoms with E-state index in [-0.39, 0.29) is 0 Å². The van der Waals surface area contributed by atoms with E-state index in [1.54, 1.807) is 6.07 Å². The number of rotatable bonds is 4. The van der Waals surface area contributed by atoms with E-state index in [9.17, 15) is 0 Å². The standard InChI is InChI=1S/C14H18N4OS/c15-11-12-3-1-2-4-13(12)17-14(20)16-5-6-18-7-9-19-10-8-18/h1-4H,5-10H2,(H2,16,17,20). The Bertz CT molecular complexity index is 494. The lowest BCUT2D eigenvalue weighted by Crippen LogP contribution is -2.42. The van der Waals surface area contributed by atoms with Crippen LogP contribution in [0.5, 0.6) is 0 Å². The summed E-state index contributed by atoms with van der Waals surface area (Å²) >= 11 is 5.24. The average molecular weight is 290 g/mol. The molecule has 0 saturated carbocycles. The highest BCUT2D eigenvalue weighted by Crippen LogP contribution is 2.12. The second kappa shape index (κ2) is 7.80. The first-order chi connectivity index (χ1) is 9.79. The summed E-state index contributed by atoms with van der Waals surface area (Å²) in [6.45, 7) is 5.26. The molecule has 6 heteroatoms. The summed E-state index contributed by atoms with van der Waals surface area (Å²) in [6, 6.07) is 9.45. The second-order valence-electron chi connectivity index (χ2n) is 4.49. The average Bonchev–Trinajstić information content (AvgIpc) is 2.49. The van der Waals surface area contributed by atoms with E-state index in [0.717, 1.165) is 45.1 Å². The fourth-order valence-electron chi connectivity index (χ4n) is 2.01. The Balaban J connectivity index is 1.73. The quantitative estimate of drug-likeness (QED) is 0.812. The number of benzene rings is 1. The van der Waals surface area contributed by atoms with Crippen molar-refractivity contribution in [2.45, 2.75) is 0 Å². The molecule has 20 heavy (non-hydrogen) atoms. The van der Waals surface area contributed by atoms with Gasteiger partial charge in [0, 0.05) is 26.2 Å². The maximum atomic E-state index is 9.01. The molecule has 0 bridgehead atoms. The van der Waals surface area contributed by atoms with Gasteiger partial charge in [-0.05, 0) is 24.4 Å². The smallest absolute Gasteiger partial charge is 0.170 e. The number of morpholine rings is 1. The van der Waals surface area contributed by atoms with Crippen molar-refractivity contribution < 1.29 is 4.74 Å². The van der Waals surface area contributed by atoms with E-state index in [1.165, 1.54) is 0 Å². The van der Waals surface area contributed by atoms with Crippen molar-refractivity contribution >= 4 is 23.0 Å². The minimum absolute atomic E-state index is 0.543. The molecule has 1 aliphatic heterocycles. The van der Waals surface area contributed by atoms with Crippen LogP contribution in [0.2, 0.25) is 0 Å². The molecule has 1 aromatic carbocycles. The highest BCUT2D eigenvalue weighted by molar-refractivity contribution is 7.80. The maximum Gasteiger partial charge on any atom is 0.170 e. The van der Waals surface area contributed by atoms with Crippen molar-refractivity contribution in [3.8, 4) is 6.07 Å². The topological polar surface area (TPSA) is 60.3 Å². The van der Waals surface area contributed by atoms with E-state index < -0.39 is 0 Å². The van der Waals surface area contributed by atoms with Gasteiger partial charge >= 0.3 is 0 Å². The van der Waals surface area contributed by atoms with Crippen molar-refractivity contribution in [2.75, 3.05) is 44.7 Å². The Morgan fingerprint density at radius 2 is 2.10 bits per heavy atom. The molecular weight excluding hydrogens is 272 g/mol. The van der Waals surface area contributed by atoms with Crippen LogP contribution in [0.4, 0.5) is 5.69 Å². The predicted octanol–water partition coefficient (Wildman–Crippen LogP) is 1.18. The van der Waals surface area contributed by atoms with Crippen LogP contribution in [0.3, 0.4) is 0 Å². The number of nitrogens with zero attached hydrogens (tertiary/aromatic N) is 2. The number of hydrogen-bond donors (Lipinski definition) is 2. The van der Waals surface area contributed by atoms with Crippen molar-refractivity contribution in [1.82, 2.24) is 10.2 Å². The maximum absolute atomic E-state index is 9.01. The van der Waals surface area contributed by atoms with Crippen LogP contribution in [-0.2, 0) is 4.74 Å². The Hall–Kier alpha value is -1.68. The van der Waals surface area contributed by atoms with Crippen LogP contribution in [0.15, 0.2) is 24.3 Å². The van der Waals surface area contributed by atoms with Gasteiger partial charge in [-0.2, -0.15) is 5.26 Å². The molecule has 0 atom stereocenters. The first-order valence-corrected chi connectivity index (χ1v) is 7.04. The number of ether oxygens (including phenoxy) is 1. The zero-order chi connectivity index (χ0) is 14.2. The third-order valence-electron chi connectivity index (χ3n) is 3.11. The van der Waals surface area contributed by atoms with Crippen LogP contribution >= 0.6 is 12.2 Å². The fraction of sp³-hybridized carbons (Fsp3) is 0.429. The van der Waals surface area contributed by atoms with Crippen LogP contribution < -0.4 is 10.6 Å². The summed E-state index contributed by atoms with van der Waals surface area (Å²) < 4.78 is 5.30. The molecule has 1 fully saturated rings. The molecule has 0 unspecified atom stereocenters. The first kappa shape index (κ1) is 14.7. The van der Waals surface area contributed by atoms with E-state index in [4.69, 9.17) is 22.2 Å². The van der Waals surface area contributed by atoms with Crippen molar-refractivity contribution in [1.29, 1.82) is 5.26 Å². The number of nitriles is 1. The van der Waals surface area contributed by atoms with Crippen molar-refractivity contribution in [3.05, 3.63) is 29.8 Å². The molecule has 0 radical (unpaired) electrons. The highest BCUT2D eigenvalue weighted by atomic mass is 32.1. The van der Waals surface area contributed by atoms with Gasteiger partial charge < -0.3 is 15.4 Å². The molecule has 0 spiro atoms. The lowest BCUT2D eigenvalue weighted by Gasteiger charge is -2.26. The SMILES string of the molecule is N#Cc1ccccc1NC(=S)NCCN1CCOCC1. The molecule has 1 aromatic rings. The molecule has 0 aliphatic carbocycles. The zero-order valence-electron chi connectivity index (χ0n) is 11.3. The lowest BCUT2D eigenvalue weighted by molar-refractivity contribution is 0.0389. The van der Waals surface area contributed by atoms with Gasteiger partial charge in [0.25, 0.3) is 0 Å². The van der Waals surface area contributed by atoms with E-state index in [1.807, 2.05) is 18.2 Å². The van der Waals surface area contributed by atoms with Crippen LogP contribution in [0.1, 0.15) is 5.56 Å². The summed E-state index contributed by atoms with van der Waals surface area (Å²) in [5.74, 6) is 0. The number of hydrogen-bond acceptors (Lipinski definition) is 4. The minimum atomic E-state index is 0.543. The minimum Gasteiger partial charge on any atom is -0.379 e. The molecule has 1 aliphatic rings. The van der Waals surface area contributed by atoms with Gasteiger partial charge in [-0.3, -0.25) is 4.90 Å². The highest BCUT2D eigenvalue weighted by Gasteiger charge is 2.09. The van der Waals surface area contributed by atoms with Crippen molar-refractivity contribution in [2.24, 2.45) is 0 Å². The zero-order valence-corrected chi connectivity index (χ0v) is 12.1. The van der Waals surface area contributed by atoms with Crippen LogP contribution in [0.25, 0.3) is 0 Å². The largest absolute Gasteiger partial charge is 0.379 e. The molecule has 1 saturated heterocycles. The van der Waals surface area contributed by atoms with Gasteiger partial charge in [0.05, 0.1) is 24.5 Å². The molecule has 2 rings (SSSR count). The van der Waals surface area contributed by atoms with E-state index in [2.05, 4.69) is 21.6 Å². The van der Waals surface area contributed by atoms with Gasteiger partial charge in [-0.15, -0.1) is 0 Å². The van der Waals surface area contributed by atoms with E-state index in [0.29, 0.717) is 10.7 Å². The van der Waals surface area contributed by atoms with Crippen LogP contribution in [0, 0.1) is 11.3 Å². The first-order valence-electron chi connectivity index (χ1n) is 6.63. The number of anilines is 1. The number of nitrogens with one attached hydrogen (secondary N) is 2. The lowest BCUT2D eigenvalue weighted by atomic mass is 10.2. The second-order valence-corrected chi connectivity index (χ2v) is 4.90. The molecule has 0 aromatic heterocycles. The Labute approximate surface area is 124 Å². The summed E-state index contributed by atoms with van der Waals surface area (Å²) in [4.78, 5) is 2.34. The number of thiocarbonyl (C=S) groups is 1. The number of para-hydroxylation sites is 1. The van der Waals surface area contributed by atoms with Crippen molar-refractivity contribution in [3.63, 3.8) is 0 Å². The van der Waals surface area contributed by atoms with Gasteiger partial charge in [-0.25, -0.2) is 0 Å². The summed E-state index contributed by atoms with van der Waals surface area (Å²) in [6.07, 6.45) is 0. The fourth-order valence-corrected chi connectivity index (χ4v) is 2.22. The molecule has 5 nitrogen and oxygen atoms in total. The Morgan fingerprint density at radius 1 is 1.35 bits per heavy atom. The van der Waals surface area contributed by atoms with Gasteiger partial charge in [0.15, 0.2) is 5.11 Å². The third kappa shape index (κ3) is 4.46. The molecule has 106 valence electrons. The molecule has 2 N–H and O–H groups in total. The van der Waals surface area contributed by atoms with E-state index >= 15 is 0 Å². The summed E-state index contributed by atoms with van der Waals surface area (Å²) in [5.41, 5.74) is 1.32. The van der Waals surface area contributed by atoms with Gasteiger partial charge in [-0.1, -0.05) is 12.1 Å². The predicted molar refractivity (Wildman–Crippen MR) is 82.6 cm³/mol. The molecule has 0 amide bonds. The Kier molecular flexibility index (Phi) is 5.74. The third-order valence-corrected chi connectivity index (χ3v) is 3.36. The molecule has 1 heterocycles.